The summed E-state index contributed by atoms with van der Waals surface area (Å²) in [5.41, 5.74) is -3.35. The van der Waals surface area contributed by atoms with Crippen LogP contribution in [0.5, 0.6) is 0 Å². The predicted molar refractivity (Wildman–Crippen MR) is 78.3 cm³/mol. The summed E-state index contributed by atoms with van der Waals surface area (Å²) in [6, 6.07) is 0. The van der Waals surface area contributed by atoms with Crippen LogP contribution in [0.4, 0.5) is 17.6 Å². The summed E-state index contributed by atoms with van der Waals surface area (Å²) in [6.45, 7) is 1.90. The van der Waals surface area contributed by atoms with Crippen LogP contribution in [0.25, 0.3) is 0 Å². The Morgan fingerprint density at radius 3 is 1.92 bits per heavy atom. The molecular weight excluding hydrogens is 344 g/mol. The van der Waals surface area contributed by atoms with Gasteiger partial charge in [0.1, 0.15) is 0 Å². The van der Waals surface area contributed by atoms with Crippen molar-refractivity contribution < 1.29 is 36.6 Å². The highest BCUT2D eigenvalue weighted by Gasteiger charge is 2.39. The lowest BCUT2D eigenvalue weighted by atomic mass is 9.85. The van der Waals surface area contributed by atoms with Gasteiger partial charge in [0, 0.05) is 12.7 Å². The fourth-order valence-electron chi connectivity index (χ4n) is 2.29. The second-order valence-corrected chi connectivity index (χ2v) is 6.69. The highest BCUT2D eigenvalue weighted by atomic mass is 19.2. The first kappa shape index (κ1) is 19.4. The van der Waals surface area contributed by atoms with Gasteiger partial charge >= 0.3 is 11.9 Å². The van der Waals surface area contributed by atoms with E-state index in [0.29, 0.717) is 12.8 Å². The average molecular weight is 362 g/mol. The van der Waals surface area contributed by atoms with E-state index in [1.807, 2.05) is 0 Å². The molecule has 0 saturated heterocycles. The largest absolute Gasteiger partial charge is 0.393 e. The molecular formula is C17H18F4O4. The molecule has 0 amide bonds. The molecule has 1 aromatic rings. The molecule has 0 spiro atoms. The van der Waals surface area contributed by atoms with Crippen molar-refractivity contribution in [2.75, 3.05) is 7.11 Å². The van der Waals surface area contributed by atoms with Crippen LogP contribution in [0.3, 0.4) is 0 Å². The van der Waals surface area contributed by atoms with Gasteiger partial charge in [-0.15, -0.1) is 0 Å². The number of hydrogen-bond acceptors (Lipinski definition) is 4. The van der Waals surface area contributed by atoms with Crippen molar-refractivity contribution in [3.63, 3.8) is 0 Å². The van der Waals surface area contributed by atoms with Gasteiger partial charge in [-0.1, -0.05) is 0 Å². The maximum atomic E-state index is 14.2. The highest BCUT2D eigenvalue weighted by molar-refractivity contribution is 5.90. The fourth-order valence-corrected chi connectivity index (χ4v) is 2.29. The second-order valence-electron chi connectivity index (χ2n) is 6.69. The van der Waals surface area contributed by atoms with E-state index in [0.717, 1.165) is 7.11 Å². The molecule has 0 heterocycles. The summed E-state index contributed by atoms with van der Waals surface area (Å²) < 4.78 is 65.5. The van der Waals surface area contributed by atoms with Crippen molar-refractivity contribution in [1.82, 2.24) is 0 Å². The summed E-state index contributed by atoms with van der Waals surface area (Å²) in [7, 11) is 1.12. The molecule has 0 aromatic heterocycles. The van der Waals surface area contributed by atoms with Gasteiger partial charge < -0.3 is 9.47 Å². The van der Waals surface area contributed by atoms with Crippen LogP contribution in [0.15, 0.2) is 0 Å². The van der Waals surface area contributed by atoms with Gasteiger partial charge in [0.05, 0.1) is 23.5 Å². The molecule has 1 fully saturated rings. The van der Waals surface area contributed by atoms with Gasteiger partial charge in [0.2, 0.25) is 0 Å². The maximum Gasteiger partial charge on any atom is 0.319 e. The maximum absolute atomic E-state index is 14.2. The number of benzene rings is 1. The lowest BCUT2D eigenvalue weighted by molar-refractivity contribution is -0.167. The summed E-state index contributed by atoms with van der Waals surface area (Å²) in [6.07, 6.45) is 0.558. The molecule has 0 atom stereocenters. The molecule has 0 radical (unpaired) electrons. The quantitative estimate of drug-likeness (QED) is 0.337. The summed E-state index contributed by atoms with van der Waals surface area (Å²) in [4.78, 5) is 23.6. The zero-order valence-corrected chi connectivity index (χ0v) is 14.1. The van der Waals surface area contributed by atoms with Gasteiger partial charge in [0.25, 0.3) is 0 Å². The van der Waals surface area contributed by atoms with Gasteiger partial charge in [-0.25, -0.2) is 17.6 Å². The fraction of sp³-hybridized carbons (Fsp3) is 0.529. The molecule has 1 aliphatic carbocycles. The Morgan fingerprint density at radius 1 is 1.00 bits per heavy atom. The van der Waals surface area contributed by atoms with Crippen LogP contribution in [-0.2, 0) is 32.1 Å². The van der Waals surface area contributed by atoms with Crippen LogP contribution in [0.2, 0.25) is 0 Å². The van der Waals surface area contributed by atoms with Gasteiger partial charge in [-0.2, -0.15) is 0 Å². The number of ether oxygens (including phenoxy) is 2. The topological polar surface area (TPSA) is 52.6 Å². The van der Waals surface area contributed by atoms with E-state index in [4.69, 9.17) is 0 Å². The third kappa shape index (κ3) is 4.00. The highest BCUT2D eigenvalue weighted by Crippen LogP contribution is 2.34. The average Bonchev–Trinajstić information content (AvgIpc) is 3.38. The molecule has 1 saturated carbocycles. The molecule has 0 N–H and O–H groups in total. The summed E-state index contributed by atoms with van der Waals surface area (Å²) in [5.74, 6) is -8.39. The number of carbonyl (C=O) groups excluding carboxylic acids is 2. The van der Waals surface area contributed by atoms with Gasteiger partial charge in [-0.05, 0) is 33.1 Å². The molecule has 25 heavy (non-hydrogen) atoms. The standard InChI is InChI=1S/C17H18F4O4/c1-17(2,16(23)25-15(22)8-4-5-8)6-9-11(18)13(20)10(7-24-3)14(21)12(9)19/h8H,4-7H2,1-3H3. The smallest absolute Gasteiger partial charge is 0.319 e. The number of carbonyl (C=O) groups is 2. The van der Waals surface area contributed by atoms with E-state index in [1.54, 1.807) is 0 Å². The summed E-state index contributed by atoms with van der Waals surface area (Å²) in [5, 5.41) is 0. The van der Waals surface area contributed by atoms with Crippen molar-refractivity contribution in [2.45, 2.75) is 39.7 Å². The van der Waals surface area contributed by atoms with Crippen LogP contribution in [0.1, 0.15) is 37.8 Å². The Balaban J connectivity index is 2.28. The Labute approximate surface area is 142 Å². The second kappa shape index (κ2) is 7.11. The molecule has 0 unspecified atom stereocenters. The van der Waals surface area contributed by atoms with E-state index < -0.39 is 64.8 Å². The van der Waals surface area contributed by atoms with Crippen molar-refractivity contribution >= 4 is 11.9 Å². The SMILES string of the molecule is COCc1c(F)c(F)c(CC(C)(C)C(=O)OC(=O)C2CC2)c(F)c1F. The molecule has 1 aromatic carbocycles. The van der Waals surface area contributed by atoms with Crippen LogP contribution < -0.4 is 0 Å². The van der Waals surface area contributed by atoms with E-state index in [1.165, 1.54) is 13.8 Å². The monoisotopic (exact) mass is 362 g/mol. The molecule has 2 rings (SSSR count). The number of hydrogen-bond donors (Lipinski definition) is 0. The van der Waals surface area contributed by atoms with Crippen LogP contribution in [0, 0.1) is 34.6 Å². The van der Waals surface area contributed by atoms with E-state index >= 15 is 0 Å². The number of halogens is 4. The summed E-state index contributed by atoms with van der Waals surface area (Å²) >= 11 is 0. The number of esters is 2. The number of methoxy groups -OCH3 is 1. The molecule has 4 nitrogen and oxygen atoms in total. The zero-order valence-electron chi connectivity index (χ0n) is 14.1. The Morgan fingerprint density at radius 2 is 1.48 bits per heavy atom. The van der Waals surface area contributed by atoms with Crippen molar-refractivity contribution in [3.8, 4) is 0 Å². The molecule has 1 aliphatic rings. The minimum Gasteiger partial charge on any atom is -0.393 e. The van der Waals surface area contributed by atoms with E-state index in [-0.39, 0.29) is 5.92 Å². The first-order valence-electron chi connectivity index (χ1n) is 7.69. The minimum atomic E-state index is -1.60. The first-order chi connectivity index (χ1) is 11.6. The van der Waals surface area contributed by atoms with Crippen molar-refractivity contribution in [1.29, 1.82) is 0 Å². The van der Waals surface area contributed by atoms with Gasteiger partial charge in [0.15, 0.2) is 23.3 Å². The first-order valence-corrected chi connectivity index (χ1v) is 7.69. The van der Waals surface area contributed by atoms with Crippen molar-refractivity contribution in [3.05, 3.63) is 34.4 Å². The Bertz CT molecular complexity index is 682. The zero-order chi connectivity index (χ0) is 18.9. The lowest BCUT2D eigenvalue weighted by Gasteiger charge is -2.23. The molecule has 8 heteroatoms. The van der Waals surface area contributed by atoms with Gasteiger partial charge in [-0.3, -0.25) is 9.59 Å². The predicted octanol–water partition coefficient (Wildman–Crippen LogP) is 3.44. The molecule has 138 valence electrons. The molecule has 0 bridgehead atoms. The number of rotatable bonds is 6. The van der Waals surface area contributed by atoms with E-state index in [2.05, 4.69) is 9.47 Å². The normalized spacial score (nSPS) is 14.5. The van der Waals surface area contributed by atoms with Crippen LogP contribution in [-0.4, -0.2) is 19.0 Å². The minimum absolute atomic E-state index is 0.337. The Hall–Kier alpha value is -1.96. The Kier molecular flexibility index (Phi) is 5.51. The van der Waals surface area contributed by atoms with E-state index in [9.17, 15) is 27.2 Å². The lowest BCUT2D eigenvalue weighted by Crippen LogP contribution is -2.32. The molecule has 0 aliphatic heterocycles. The van der Waals surface area contributed by atoms with Crippen molar-refractivity contribution in [2.24, 2.45) is 11.3 Å². The third-order valence-corrected chi connectivity index (χ3v) is 4.01. The van der Waals surface area contributed by atoms with Crippen LogP contribution >= 0.6 is 0 Å². The third-order valence-electron chi connectivity index (χ3n) is 4.01.